The Hall–Kier alpha value is -5.50. The fraction of sp³-hybridized carbons (Fsp3) is 0. The Morgan fingerprint density at radius 3 is 0.778 bits per heavy atom. The van der Waals surface area contributed by atoms with E-state index in [-0.39, 0.29) is 0 Å². The summed E-state index contributed by atoms with van der Waals surface area (Å²) in [5, 5.41) is 18.3. The highest BCUT2D eigenvalue weighted by Crippen LogP contribution is 2.47. The third kappa shape index (κ3) is 3.59. The van der Waals surface area contributed by atoms with E-state index >= 15 is 0 Å². The predicted octanol–water partition coefficient (Wildman–Crippen LogP) is 13.2. The van der Waals surface area contributed by atoms with Crippen LogP contribution in [0.25, 0.3) is 96.3 Å². The van der Waals surface area contributed by atoms with Gasteiger partial charge in [0, 0.05) is 20.5 Å². The molecule has 1 aromatic heterocycles. The Morgan fingerprint density at radius 2 is 0.467 bits per heavy atom. The second-order valence-electron chi connectivity index (χ2n) is 12.0. The summed E-state index contributed by atoms with van der Waals surface area (Å²) in [4.78, 5) is 2.64. The highest BCUT2D eigenvalue weighted by Gasteiger charge is 2.17. The number of thiophene rings is 1. The first kappa shape index (κ1) is 24.9. The van der Waals surface area contributed by atoms with Crippen molar-refractivity contribution in [3.05, 3.63) is 158 Å². The molecular formula is C44H26S. The molecule has 0 amide bonds. The Balaban J connectivity index is 1.23. The van der Waals surface area contributed by atoms with Gasteiger partial charge in [-0.2, -0.15) is 0 Å². The molecular weight excluding hydrogens is 561 g/mol. The number of hydrogen-bond acceptors (Lipinski definition) is 1. The molecule has 9 aromatic carbocycles. The molecule has 0 nitrogen and oxygen atoms in total. The largest absolute Gasteiger partial charge is 0.134 e. The molecule has 45 heavy (non-hydrogen) atoms. The Bertz CT molecular complexity index is 2550. The molecule has 0 saturated heterocycles. The molecule has 1 heteroatoms. The lowest BCUT2D eigenvalue weighted by Gasteiger charge is -2.12. The molecule has 0 bridgehead atoms. The van der Waals surface area contributed by atoms with Crippen molar-refractivity contribution in [2.24, 2.45) is 0 Å². The van der Waals surface area contributed by atoms with Gasteiger partial charge in [0.1, 0.15) is 0 Å². The highest BCUT2D eigenvalue weighted by molar-refractivity contribution is 7.21. The van der Waals surface area contributed by atoms with Crippen LogP contribution in [-0.4, -0.2) is 0 Å². The second kappa shape index (κ2) is 9.50. The first-order chi connectivity index (χ1) is 22.3. The maximum Gasteiger partial charge on any atom is 0.0428 e. The number of fused-ring (bicyclic) bond motifs is 13. The van der Waals surface area contributed by atoms with Gasteiger partial charge in [-0.1, -0.05) is 146 Å². The lowest BCUT2D eigenvalue weighted by Crippen LogP contribution is -1.84. The summed E-state index contributed by atoms with van der Waals surface area (Å²) >= 11 is 1.91. The van der Waals surface area contributed by atoms with Gasteiger partial charge in [-0.15, -0.1) is 11.3 Å². The molecule has 208 valence electrons. The minimum Gasteiger partial charge on any atom is -0.134 e. The smallest absolute Gasteiger partial charge is 0.0428 e. The van der Waals surface area contributed by atoms with E-state index in [1.807, 2.05) is 11.3 Å². The van der Waals surface area contributed by atoms with Crippen molar-refractivity contribution >= 4 is 86.7 Å². The lowest BCUT2D eigenvalue weighted by molar-refractivity contribution is 1.76. The maximum atomic E-state index is 2.42. The van der Waals surface area contributed by atoms with Gasteiger partial charge < -0.3 is 0 Å². The minimum absolute atomic E-state index is 1.27. The van der Waals surface area contributed by atoms with Gasteiger partial charge in [-0.25, -0.2) is 0 Å². The van der Waals surface area contributed by atoms with Crippen molar-refractivity contribution < 1.29 is 0 Å². The molecule has 0 saturated carbocycles. The van der Waals surface area contributed by atoms with Crippen molar-refractivity contribution in [2.75, 3.05) is 0 Å². The Morgan fingerprint density at radius 1 is 0.222 bits per heavy atom. The summed E-state index contributed by atoms with van der Waals surface area (Å²) in [7, 11) is 0. The Kier molecular flexibility index (Phi) is 5.25. The summed E-state index contributed by atoms with van der Waals surface area (Å²) in [6.45, 7) is 0. The molecule has 0 atom stereocenters. The summed E-state index contributed by atoms with van der Waals surface area (Å²) < 4.78 is 0. The number of rotatable bonds is 2. The summed E-state index contributed by atoms with van der Waals surface area (Å²) in [6, 6.07) is 58.4. The Labute approximate surface area is 264 Å². The number of benzene rings is 9. The van der Waals surface area contributed by atoms with E-state index in [1.165, 1.54) is 96.3 Å². The van der Waals surface area contributed by atoms with Gasteiger partial charge in [0.05, 0.1) is 0 Å². The fourth-order valence-electron chi connectivity index (χ4n) is 7.62. The lowest BCUT2D eigenvalue weighted by atomic mass is 9.92. The van der Waals surface area contributed by atoms with Crippen LogP contribution in [0.3, 0.4) is 0 Å². The van der Waals surface area contributed by atoms with E-state index in [1.54, 1.807) is 0 Å². The van der Waals surface area contributed by atoms with Crippen molar-refractivity contribution in [3.8, 4) is 20.9 Å². The van der Waals surface area contributed by atoms with Crippen molar-refractivity contribution in [3.63, 3.8) is 0 Å². The van der Waals surface area contributed by atoms with Crippen LogP contribution in [0.1, 0.15) is 0 Å². The molecule has 0 radical (unpaired) electrons. The first-order valence-electron chi connectivity index (χ1n) is 15.5. The molecule has 10 rings (SSSR count). The first-order valence-corrected chi connectivity index (χ1v) is 16.3. The fourth-order valence-corrected chi connectivity index (χ4v) is 8.89. The summed E-state index contributed by atoms with van der Waals surface area (Å²) in [5.41, 5.74) is 2.54. The quantitative estimate of drug-likeness (QED) is 0.177. The van der Waals surface area contributed by atoms with Gasteiger partial charge in [0.15, 0.2) is 0 Å². The SMILES string of the molecule is c1ccc2c(-c3ccc4c5ccccc5c5ccccc5c4c3)sc(-c3ccc4c5ccccc5c5ccccc5c4c3)c2c1. The van der Waals surface area contributed by atoms with E-state index in [0.29, 0.717) is 0 Å². The average molecular weight is 587 g/mol. The van der Waals surface area contributed by atoms with Gasteiger partial charge in [-0.3, -0.25) is 0 Å². The molecule has 10 aromatic rings. The highest BCUT2D eigenvalue weighted by atomic mass is 32.1. The second-order valence-corrected chi connectivity index (χ2v) is 13.0. The van der Waals surface area contributed by atoms with Crippen LogP contribution >= 0.6 is 11.3 Å². The monoisotopic (exact) mass is 586 g/mol. The van der Waals surface area contributed by atoms with E-state index in [4.69, 9.17) is 0 Å². The summed E-state index contributed by atoms with van der Waals surface area (Å²) in [5.74, 6) is 0. The normalized spacial score (nSPS) is 12.0. The molecule has 0 N–H and O–H groups in total. The van der Waals surface area contributed by atoms with Crippen LogP contribution in [0.5, 0.6) is 0 Å². The number of hydrogen-bond donors (Lipinski definition) is 0. The zero-order chi connectivity index (χ0) is 29.5. The van der Waals surface area contributed by atoms with E-state index in [9.17, 15) is 0 Å². The molecule has 0 aliphatic carbocycles. The van der Waals surface area contributed by atoms with Crippen molar-refractivity contribution in [2.45, 2.75) is 0 Å². The molecule has 1 heterocycles. The predicted molar refractivity (Wildman–Crippen MR) is 198 cm³/mol. The van der Waals surface area contributed by atoms with Gasteiger partial charge in [0.25, 0.3) is 0 Å². The third-order valence-corrected chi connectivity index (χ3v) is 11.0. The van der Waals surface area contributed by atoms with Crippen molar-refractivity contribution in [1.29, 1.82) is 0 Å². The molecule has 0 fully saturated rings. The molecule has 0 aliphatic rings. The zero-order valence-corrected chi connectivity index (χ0v) is 25.2. The van der Waals surface area contributed by atoms with Crippen LogP contribution in [0.4, 0.5) is 0 Å². The maximum absolute atomic E-state index is 2.42. The summed E-state index contributed by atoms with van der Waals surface area (Å²) in [6.07, 6.45) is 0. The van der Waals surface area contributed by atoms with Crippen LogP contribution in [-0.2, 0) is 0 Å². The average Bonchev–Trinajstić information content (AvgIpc) is 3.51. The van der Waals surface area contributed by atoms with Crippen LogP contribution < -0.4 is 0 Å². The van der Waals surface area contributed by atoms with E-state index < -0.39 is 0 Å². The minimum atomic E-state index is 1.27. The van der Waals surface area contributed by atoms with Crippen LogP contribution in [0.15, 0.2) is 158 Å². The topological polar surface area (TPSA) is 0 Å². The van der Waals surface area contributed by atoms with Gasteiger partial charge in [0.2, 0.25) is 0 Å². The molecule has 0 spiro atoms. The van der Waals surface area contributed by atoms with Gasteiger partial charge >= 0.3 is 0 Å². The third-order valence-electron chi connectivity index (χ3n) is 9.63. The molecule has 0 aliphatic heterocycles. The van der Waals surface area contributed by atoms with Crippen molar-refractivity contribution in [1.82, 2.24) is 0 Å². The zero-order valence-electron chi connectivity index (χ0n) is 24.4. The van der Waals surface area contributed by atoms with Crippen LogP contribution in [0, 0.1) is 0 Å². The standard InChI is InChI=1S/C44H26S/c1-3-15-33-29(11-1)31-13-5-7-17-35(31)41-25-27(21-23-37(33)41)43-39-19-9-10-20-40(39)44(45-43)28-22-24-38-34-16-4-2-12-30(34)32-14-6-8-18-36(32)42(38)26-28/h1-26H. The van der Waals surface area contributed by atoms with E-state index in [0.717, 1.165) is 0 Å². The van der Waals surface area contributed by atoms with Crippen LogP contribution in [0.2, 0.25) is 0 Å². The van der Waals surface area contributed by atoms with Gasteiger partial charge in [-0.05, 0) is 87.9 Å². The molecule has 0 unspecified atom stereocenters. The van der Waals surface area contributed by atoms with E-state index in [2.05, 4.69) is 158 Å².